The normalized spacial score (nSPS) is 9.33. The van der Waals surface area contributed by atoms with E-state index in [1.807, 2.05) is 39.4 Å². The molecule has 0 amide bonds. The number of aryl methyl sites for hydroxylation is 3. The van der Waals surface area contributed by atoms with E-state index in [1.165, 1.54) is 16.7 Å². The first-order valence-electron chi connectivity index (χ1n) is 7.86. The van der Waals surface area contributed by atoms with E-state index in [0.717, 1.165) is 12.1 Å². The van der Waals surface area contributed by atoms with Crippen LogP contribution in [-0.4, -0.2) is 9.97 Å². The van der Waals surface area contributed by atoms with Gasteiger partial charge in [-0.1, -0.05) is 46.8 Å². The Hall–Kier alpha value is -1.70. The highest BCUT2D eigenvalue weighted by Crippen LogP contribution is 2.11. The average Bonchev–Trinajstić information content (AvgIpc) is 2.50. The zero-order chi connectivity index (χ0) is 16.3. The molecule has 2 heterocycles. The van der Waals surface area contributed by atoms with Gasteiger partial charge in [0.05, 0.1) is 0 Å². The lowest BCUT2D eigenvalue weighted by atomic mass is 10.1. The lowest BCUT2D eigenvalue weighted by molar-refractivity contribution is 0.855. The molecule has 0 aliphatic carbocycles. The Balaban J connectivity index is 0.000000342. The number of aromatic nitrogens is 2. The van der Waals surface area contributed by atoms with Crippen LogP contribution in [0, 0.1) is 13.8 Å². The van der Waals surface area contributed by atoms with Crippen LogP contribution < -0.4 is 0 Å². The molecule has 0 N–H and O–H groups in total. The van der Waals surface area contributed by atoms with Gasteiger partial charge in [-0.3, -0.25) is 9.97 Å². The molecular formula is C19H30N2. The molecule has 0 spiro atoms. The fourth-order valence-electron chi connectivity index (χ4n) is 1.63. The maximum atomic E-state index is 4.20. The summed E-state index contributed by atoms with van der Waals surface area (Å²) in [5.74, 6) is 0.591. The quantitative estimate of drug-likeness (QED) is 0.729. The molecule has 0 unspecified atom stereocenters. The Morgan fingerprint density at radius 3 is 2.05 bits per heavy atom. The van der Waals surface area contributed by atoms with Crippen LogP contribution in [0.3, 0.4) is 0 Å². The van der Waals surface area contributed by atoms with Crippen molar-refractivity contribution in [1.82, 2.24) is 9.97 Å². The van der Waals surface area contributed by atoms with Crippen molar-refractivity contribution in [2.75, 3.05) is 0 Å². The fraction of sp³-hybridized carbons (Fsp3) is 0.474. The van der Waals surface area contributed by atoms with Crippen molar-refractivity contribution in [3.8, 4) is 0 Å². The van der Waals surface area contributed by atoms with Gasteiger partial charge in [0.25, 0.3) is 0 Å². The first kappa shape index (κ1) is 19.3. The highest BCUT2D eigenvalue weighted by molar-refractivity contribution is 5.16. The summed E-state index contributed by atoms with van der Waals surface area (Å²) in [6, 6.07) is 6.34. The Morgan fingerprint density at radius 2 is 1.67 bits per heavy atom. The van der Waals surface area contributed by atoms with Crippen molar-refractivity contribution >= 4 is 0 Å². The van der Waals surface area contributed by atoms with Crippen LogP contribution in [0.5, 0.6) is 0 Å². The molecule has 0 bridgehead atoms. The molecule has 2 rings (SSSR count). The molecule has 0 aliphatic heterocycles. The summed E-state index contributed by atoms with van der Waals surface area (Å²) in [4.78, 5) is 8.26. The van der Waals surface area contributed by atoms with E-state index in [4.69, 9.17) is 0 Å². The van der Waals surface area contributed by atoms with Crippen molar-refractivity contribution < 1.29 is 0 Å². The lowest BCUT2D eigenvalue weighted by Gasteiger charge is -2.02. The summed E-state index contributed by atoms with van der Waals surface area (Å²) in [6.07, 6.45) is 6.81. The Morgan fingerprint density at radius 1 is 1.00 bits per heavy atom. The molecule has 21 heavy (non-hydrogen) atoms. The molecule has 0 aromatic carbocycles. The Labute approximate surface area is 130 Å². The first-order valence-corrected chi connectivity index (χ1v) is 7.86. The van der Waals surface area contributed by atoms with E-state index < -0.39 is 0 Å². The zero-order valence-corrected chi connectivity index (χ0v) is 14.6. The summed E-state index contributed by atoms with van der Waals surface area (Å²) in [5, 5.41) is 0. The largest absolute Gasteiger partial charge is 0.264 e. The van der Waals surface area contributed by atoms with Gasteiger partial charge in [0.2, 0.25) is 0 Å². The van der Waals surface area contributed by atoms with Gasteiger partial charge < -0.3 is 0 Å². The molecule has 2 heteroatoms. The minimum Gasteiger partial charge on any atom is -0.264 e. The molecule has 0 saturated heterocycles. The number of hydrogen-bond acceptors (Lipinski definition) is 2. The first-order chi connectivity index (χ1) is 10.0. The lowest BCUT2D eigenvalue weighted by Crippen LogP contribution is -1.88. The highest BCUT2D eigenvalue weighted by Gasteiger charge is 1.96. The van der Waals surface area contributed by atoms with Crippen LogP contribution in [0.25, 0.3) is 0 Å². The second-order valence-electron chi connectivity index (χ2n) is 5.11. The van der Waals surface area contributed by atoms with E-state index in [1.54, 1.807) is 0 Å². The van der Waals surface area contributed by atoms with Gasteiger partial charge >= 0.3 is 0 Å². The third-order valence-electron chi connectivity index (χ3n) is 2.94. The molecule has 2 aromatic rings. The number of pyridine rings is 2. The summed E-state index contributed by atoms with van der Waals surface area (Å²) in [7, 11) is 0. The van der Waals surface area contributed by atoms with Crippen molar-refractivity contribution in [1.29, 1.82) is 0 Å². The summed E-state index contributed by atoms with van der Waals surface area (Å²) < 4.78 is 0. The minimum atomic E-state index is 0.591. The molecule has 0 atom stereocenters. The van der Waals surface area contributed by atoms with Gasteiger partial charge in [0.1, 0.15) is 0 Å². The van der Waals surface area contributed by atoms with Crippen molar-refractivity contribution in [3.05, 3.63) is 59.2 Å². The fourth-order valence-corrected chi connectivity index (χ4v) is 1.63. The van der Waals surface area contributed by atoms with Gasteiger partial charge in [0.15, 0.2) is 0 Å². The monoisotopic (exact) mass is 286 g/mol. The van der Waals surface area contributed by atoms with Gasteiger partial charge in [-0.05, 0) is 48.9 Å². The molecule has 2 nitrogen and oxygen atoms in total. The van der Waals surface area contributed by atoms with E-state index in [0.29, 0.717) is 5.92 Å². The van der Waals surface area contributed by atoms with E-state index in [-0.39, 0.29) is 0 Å². The predicted octanol–water partition coefficient (Wildman–Crippen LogP) is 5.49. The van der Waals surface area contributed by atoms with E-state index >= 15 is 0 Å². The third kappa shape index (κ3) is 8.23. The van der Waals surface area contributed by atoms with E-state index in [9.17, 15) is 0 Å². The summed E-state index contributed by atoms with van der Waals surface area (Å²) in [5.41, 5.74) is 4.96. The van der Waals surface area contributed by atoms with Crippen molar-refractivity contribution in [2.45, 2.75) is 60.8 Å². The van der Waals surface area contributed by atoms with Gasteiger partial charge in [-0.15, -0.1) is 0 Å². The van der Waals surface area contributed by atoms with Crippen molar-refractivity contribution in [2.24, 2.45) is 0 Å². The van der Waals surface area contributed by atoms with Crippen LogP contribution >= 0.6 is 0 Å². The average molecular weight is 286 g/mol. The summed E-state index contributed by atoms with van der Waals surface area (Å²) >= 11 is 0. The van der Waals surface area contributed by atoms with Crippen LogP contribution in [0.4, 0.5) is 0 Å². The highest BCUT2D eigenvalue weighted by atomic mass is 14.7. The molecule has 116 valence electrons. The molecule has 0 saturated carbocycles. The topological polar surface area (TPSA) is 25.8 Å². The number of hydrogen-bond donors (Lipinski definition) is 0. The van der Waals surface area contributed by atoms with Crippen LogP contribution in [0.15, 0.2) is 36.8 Å². The van der Waals surface area contributed by atoms with Gasteiger partial charge in [0, 0.05) is 24.3 Å². The number of nitrogens with zero attached hydrogens (tertiary/aromatic N) is 2. The van der Waals surface area contributed by atoms with Crippen molar-refractivity contribution in [3.63, 3.8) is 0 Å². The van der Waals surface area contributed by atoms with Crippen LogP contribution in [0.2, 0.25) is 0 Å². The van der Waals surface area contributed by atoms with Gasteiger partial charge in [-0.25, -0.2) is 0 Å². The standard InChI is InChI=1S/C9H13N.C8H11N.C2H6/c1-7(2)9-5-4-8(3)10-6-9;1-3-8-4-7(2)5-9-6-8;1-2/h4-7H,1-3H3;4-6H,3H2,1-2H3;1-2H3. The second kappa shape index (κ2) is 11.0. The Kier molecular flexibility index (Phi) is 10.1. The zero-order valence-electron chi connectivity index (χ0n) is 14.6. The smallest absolute Gasteiger partial charge is 0.0372 e. The van der Waals surface area contributed by atoms with Crippen LogP contribution in [0.1, 0.15) is 62.9 Å². The second-order valence-corrected chi connectivity index (χ2v) is 5.11. The minimum absolute atomic E-state index is 0.591. The molecule has 0 aliphatic rings. The van der Waals surface area contributed by atoms with E-state index in [2.05, 4.69) is 55.9 Å². The van der Waals surface area contributed by atoms with Crippen LogP contribution in [-0.2, 0) is 6.42 Å². The molecule has 0 fully saturated rings. The maximum absolute atomic E-state index is 4.20. The molecule has 0 radical (unpaired) electrons. The third-order valence-corrected chi connectivity index (χ3v) is 2.94. The predicted molar refractivity (Wildman–Crippen MR) is 92.8 cm³/mol. The Bertz CT molecular complexity index is 487. The van der Waals surface area contributed by atoms with Gasteiger partial charge in [-0.2, -0.15) is 0 Å². The SMILES string of the molecule is CC.CCc1cncc(C)c1.Cc1ccc(C(C)C)cn1. The summed E-state index contributed by atoms with van der Waals surface area (Å²) in [6.45, 7) is 14.5. The molecular weight excluding hydrogens is 256 g/mol. The molecule has 2 aromatic heterocycles. The maximum Gasteiger partial charge on any atom is 0.0372 e. The number of rotatable bonds is 2.